The Balaban J connectivity index is 1.46. The number of hydrogen-bond acceptors (Lipinski definition) is 4. The first-order valence-corrected chi connectivity index (χ1v) is 10.1. The van der Waals surface area contributed by atoms with Crippen LogP contribution in [0.5, 0.6) is 0 Å². The molecule has 0 saturated heterocycles. The van der Waals surface area contributed by atoms with Crippen molar-refractivity contribution in [3.05, 3.63) is 64.8 Å². The van der Waals surface area contributed by atoms with Crippen LogP contribution < -0.4 is 10.6 Å². The third kappa shape index (κ3) is 4.17. The fourth-order valence-corrected chi connectivity index (χ4v) is 3.90. The minimum Gasteiger partial charge on any atom is -0.339 e. The van der Waals surface area contributed by atoms with Gasteiger partial charge in [0.05, 0.1) is 18.4 Å². The van der Waals surface area contributed by atoms with Gasteiger partial charge in [-0.25, -0.2) is 9.07 Å². The number of nitrogens with zero attached hydrogens (tertiary/aromatic N) is 3. The van der Waals surface area contributed by atoms with Crippen LogP contribution in [0.25, 0.3) is 0 Å². The summed E-state index contributed by atoms with van der Waals surface area (Å²) < 4.78 is 16.0. The first-order valence-electron chi connectivity index (χ1n) is 10.1. The second kappa shape index (κ2) is 8.22. The zero-order valence-electron chi connectivity index (χ0n) is 17.0. The fraction of sp³-hybridized carbons (Fsp3) is 0.364. The summed E-state index contributed by atoms with van der Waals surface area (Å²) in [6.07, 6.45) is 10.2. The number of benzene rings is 1. The predicted molar refractivity (Wildman–Crippen MR) is 111 cm³/mol. The zero-order chi connectivity index (χ0) is 21.3. The number of fused-ring (bicyclic) bond motifs is 1. The second-order valence-electron chi connectivity index (χ2n) is 7.92. The SMILES string of the molecule is Cc1cc(F)c2c(c1)[C@@H](C)C[C@@H](NC(=O)c1cn(CC3=CCCC=C3)nn1)C(=O)N2. The lowest BCUT2D eigenvalue weighted by Crippen LogP contribution is -2.43. The molecule has 1 aliphatic heterocycles. The number of aromatic nitrogens is 3. The van der Waals surface area contributed by atoms with E-state index in [1.165, 1.54) is 6.07 Å². The van der Waals surface area contributed by atoms with Crippen molar-refractivity contribution < 1.29 is 14.0 Å². The molecule has 0 bridgehead atoms. The molecule has 0 saturated carbocycles. The van der Waals surface area contributed by atoms with Gasteiger partial charge in [-0.15, -0.1) is 5.10 Å². The van der Waals surface area contributed by atoms with Gasteiger partial charge < -0.3 is 10.6 Å². The lowest BCUT2D eigenvalue weighted by Gasteiger charge is -2.17. The smallest absolute Gasteiger partial charge is 0.274 e. The van der Waals surface area contributed by atoms with Crippen LogP contribution >= 0.6 is 0 Å². The maximum atomic E-state index is 14.4. The standard InChI is InChI=1S/C22H24FN5O2/c1-13-8-16-14(2)10-18(21(29)25-20(16)17(23)9-13)24-22(30)19-12-28(27-26-19)11-15-6-4-3-5-7-15/h4,6-9,12,14,18H,3,5,10-11H2,1-2H3,(H,24,30)(H,25,29)/t14-,18+/m0/s1. The van der Waals surface area contributed by atoms with E-state index in [-0.39, 0.29) is 17.3 Å². The van der Waals surface area contributed by atoms with Crippen molar-refractivity contribution in [2.45, 2.75) is 51.6 Å². The quantitative estimate of drug-likeness (QED) is 0.811. The average Bonchev–Trinajstić information content (AvgIpc) is 3.14. The number of rotatable bonds is 4. The van der Waals surface area contributed by atoms with Gasteiger partial charge in [0, 0.05) is 0 Å². The van der Waals surface area contributed by atoms with Crippen LogP contribution in [0.15, 0.2) is 42.1 Å². The highest BCUT2D eigenvalue weighted by atomic mass is 19.1. The van der Waals surface area contributed by atoms with E-state index < -0.39 is 23.7 Å². The van der Waals surface area contributed by atoms with E-state index in [0.29, 0.717) is 13.0 Å². The van der Waals surface area contributed by atoms with Crippen LogP contribution in [0.1, 0.15) is 53.7 Å². The maximum Gasteiger partial charge on any atom is 0.274 e. The first-order chi connectivity index (χ1) is 14.4. The third-order valence-corrected chi connectivity index (χ3v) is 5.44. The summed E-state index contributed by atoms with van der Waals surface area (Å²) in [5, 5.41) is 13.3. The number of nitrogens with one attached hydrogen (secondary N) is 2. The van der Waals surface area contributed by atoms with E-state index in [2.05, 4.69) is 33.1 Å². The molecular weight excluding hydrogens is 385 g/mol. The number of carbonyl (C=O) groups is 2. The summed E-state index contributed by atoms with van der Waals surface area (Å²) >= 11 is 0. The Morgan fingerprint density at radius 2 is 2.20 bits per heavy atom. The van der Waals surface area contributed by atoms with Gasteiger partial charge >= 0.3 is 0 Å². The monoisotopic (exact) mass is 409 g/mol. The summed E-state index contributed by atoms with van der Waals surface area (Å²) in [5.41, 5.74) is 2.96. The van der Waals surface area contributed by atoms with Crippen molar-refractivity contribution in [1.29, 1.82) is 0 Å². The first kappa shape index (κ1) is 20.0. The molecule has 8 heteroatoms. The van der Waals surface area contributed by atoms with E-state index in [4.69, 9.17) is 0 Å². The highest BCUT2D eigenvalue weighted by Crippen LogP contribution is 2.34. The highest BCUT2D eigenvalue weighted by molar-refractivity contribution is 6.01. The average molecular weight is 409 g/mol. The van der Waals surface area contributed by atoms with Gasteiger partial charge in [-0.1, -0.05) is 36.4 Å². The van der Waals surface area contributed by atoms with Gasteiger partial charge in [-0.2, -0.15) is 0 Å². The van der Waals surface area contributed by atoms with Crippen LogP contribution in [0.2, 0.25) is 0 Å². The van der Waals surface area contributed by atoms with Crippen LogP contribution in [0.3, 0.4) is 0 Å². The van der Waals surface area contributed by atoms with Crippen molar-refractivity contribution in [2.75, 3.05) is 5.32 Å². The molecule has 7 nitrogen and oxygen atoms in total. The van der Waals surface area contributed by atoms with Gasteiger partial charge in [0.1, 0.15) is 11.9 Å². The normalized spacial score (nSPS) is 20.8. The van der Waals surface area contributed by atoms with Crippen molar-refractivity contribution in [2.24, 2.45) is 0 Å². The highest BCUT2D eigenvalue weighted by Gasteiger charge is 2.31. The van der Waals surface area contributed by atoms with E-state index in [9.17, 15) is 14.0 Å². The molecule has 2 N–H and O–H groups in total. The molecule has 30 heavy (non-hydrogen) atoms. The van der Waals surface area contributed by atoms with Crippen molar-refractivity contribution in [3.8, 4) is 0 Å². The Bertz CT molecular complexity index is 1060. The third-order valence-electron chi connectivity index (χ3n) is 5.44. The Kier molecular flexibility index (Phi) is 5.48. The number of halogens is 1. The summed E-state index contributed by atoms with van der Waals surface area (Å²) in [6, 6.07) is 2.46. The summed E-state index contributed by atoms with van der Waals surface area (Å²) in [4.78, 5) is 25.3. The number of carbonyl (C=O) groups excluding carboxylic acids is 2. The number of allylic oxidation sites excluding steroid dienone is 4. The molecule has 2 aromatic rings. The molecule has 4 rings (SSSR count). The molecule has 1 aliphatic carbocycles. The van der Waals surface area contributed by atoms with Gasteiger partial charge in [0.25, 0.3) is 5.91 Å². The molecule has 2 aliphatic rings. The molecule has 0 spiro atoms. The number of anilines is 1. The van der Waals surface area contributed by atoms with Crippen molar-refractivity contribution >= 4 is 17.5 Å². The van der Waals surface area contributed by atoms with E-state index in [1.807, 2.05) is 26.0 Å². The number of amides is 2. The Hall–Kier alpha value is -3.29. The van der Waals surface area contributed by atoms with Gasteiger partial charge in [0.15, 0.2) is 5.69 Å². The van der Waals surface area contributed by atoms with Crippen LogP contribution in [0.4, 0.5) is 10.1 Å². The Labute approximate surface area is 174 Å². The zero-order valence-corrected chi connectivity index (χ0v) is 17.0. The molecule has 156 valence electrons. The molecule has 1 aromatic heterocycles. The van der Waals surface area contributed by atoms with Gasteiger partial charge in [0.2, 0.25) is 5.91 Å². The van der Waals surface area contributed by atoms with Gasteiger partial charge in [-0.05, 0) is 54.9 Å². The minimum absolute atomic E-state index is 0.112. The molecule has 2 amide bonds. The number of aryl methyl sites for hydroxylation is 1. The molecule has 0 unspecified atom stereocenters. The summed E-state index contributed by atoms with van der Waals surface area (Å²) in [6.45, 7) is 4.26. The van der Waals surface area contributed by atoms with Crippen molar-refractivity contribution in [1.82, 2.24) is 20.3 Å². The summed E-state index contributed by atoms with van der Waals surface area (Å²) in [5.74, 6) is -1.50. The molecule has 0 fully saturated rings. The van der Waals surface area contributed by atoms with Gasteiger partial charge in [-0.3, -0.25) is 9.59 Å². The summed E-state index contributed by atoms with van der Waals surface area (Å²) in [7, 11) is 0. The molecule has 1 aromatic carbocycles. The minimum atomic E-state index is -0.797. The molecular formula is C22H24FN5O2. The second-order valence-corrected chi connectivity index (χ2v) is 7.92. The van der Waals surface area contributed by atoms with Crippen molar-refractivity contribution in [3.63, 3.8) is 0 Å². The van der Waals surface area contributed by atoms with E-state index >= 15 is 0 Å². The Morgan fingerprint density at radius 1 is 1.37 bits per heavy atom. The topological polar surface area (TPSA) is 88.9 Å². The van der Waals surface area contributed by atoms with E-state index in [0.717, 1.165) is 29.5 Å². The number of hydrogen-bond donors (Lipinski definition) is 2. The molecule has 2 heterocycles. The predicted octanol–water partition coefficient (Wildman–Crippen LogP) is 3.25. The van der Waals surface area contributed by atoms with Crippen LogP contribution in [-0.4, -0.2) is 32.9 Å². The maximum absolute atomic E-state index is 14.4. The van der Waals surface area contributed by atoms with E-state index in [1.54, 1.807) is 10.9 Å². The molecule has 2 atom stereocenters. The lowest BCUT2D eigenvalue weighted by atomic mass is 9.93. The Morgan fingerprint density at radius 3 is 2.97 bits per heavy atom. The molecule has 0 radical (unpaired) electrons. The fourth-order valence-electron chi connectivity index (χ4n) is 3.90. The van der Waals surface area contributed by atoms with Crippen LogP contribution in [-0.2, 0) is 11.3 Å². The lowest BCUT2D eigenvalue weighted by molar-refractivity contribution is -0.118. The van der Waals surface area contributed by atoms with Crippen LogP contribution in [0, 0.1) is 12.7 Å². The largest absolute Gasteiger partial charge is 0.339 e.